The number of halogens is 2. The van der Waals surface area contributed by atoms with Crippen molar-refractivity contribution in [3.8, 4) is 0 Å². The summed E-state index contributed by atoms with van der Waals surface area (Å²) >= 11 is 5.79. The Morgan fingerprint density at radius 3 is 2.71 bits per heavy atom. The van der Waals surface area contributed by atoms with Crippen LogP contribution in [0.2, 0.25) is 5.02 Å². The van der Waals surface area contributed by atoms with Gasteiger partial charge in [-0.25, -0.2) is 4.39 Å². The van der Waals surface area contributed by atoms with Crippen LogP contribution in [0.4, 0.5) is 15.8 Å². The maximum absolute atomic E-state index is 13.2. The van der Waals surface area contributed by atoms with Gasteiger partial charge in [-0.05, 0) is 18.9 Å². The second-order valence-corrected chi connectivity index (χ2v) is 4.69. The van der Waals surface area contributed by atoms with Gasteiger partial charge in [0, 0.05) is 32.4 Å². The fraction of sp³-hybridized carbons (Fsp3) is 0.500. The first-order valence-electron chi connectivity index (χ1n) is 5.64. The number of nitrogen functional groups attached to an aromatic ring is 1. The lowest BCUT2D eigenvalue weighted by molar-refractivity contribution is 0.0855. The first-order valence-corrected chi connectivity index (χ1v) is 6.02. The molecule has 5 heteroatoms. The zero-order valence-corrected chi connectivity index (χ0v) is 10.5. The number of rotatable bonds is 2. The molecule has 1 aliphatic heterocycles. The zero-order valence-electron chi connectivity index (χ0n) is 9.75. The summed E-state index contributed by atoms with van der Waals surface area (Å²) in [5, 5.41) is 0.105. The fourth-order valence-corrected chi connectivity index (χ4v) is 2.28. The van der Waals surface area contributed by atoms with Crippen LogP contribution in [0.15, 0.2) is 12.1 Å². The Labute approximate surface area is 105 Å². The number of hydrogen-bond acceptors (Lipinski definition) is 3. The van der Waals surface area contributed by atoms with E-state index in [0.29, 0.717) is 11.7 Å². The second-order valence-electron chi connectivity index (χ2n) is 4.28. The number of nitrogens with zero attached hydrogens (tertiary/aromatic N) is 1. The van der Waals surface area contributed by atoms with Crippen LogP contribution in [0.5, 0.6) is 0 Å². The maximum Gasteiger partial charge on any atom is 0.143 e. The van der Waals surface area contributed by atoms with Gasteiger partial charge >= 0.3 is 0 Å². The Hall–Kier alpha value is -1.00. The molecule has 0 saturated carbocycles. The third-order valence-electron chi connectivity index (χ3n) is 3.19. The molecule has 2 N–H and O–H groups in total. The first kappa shape index (κ1) is 12.5. The van der Waals surface area contributed by atoms with Gasteiger partial charge in [0.05, 0.1) is 16.4 Å². The average Bonchev–Trinajstić information content (AvgIpc) is 2.34. The third kappa shape index (κ3) is 2.64. The van der Waals surface area contributed by atoms with E-state index < -0.39 is 5.82 Å². The zero-order chi connectivity index (χ0) is 12.4. The molecule has 1 aliphatic rings. The van der Waals surface area contributed by atoms with E-state index in [9.17, 15) is 4.39 Å². The quantitative estimate of drug-likeness (QED) is 0.829. The summed E-state index contributed by atoms with van der Waals surface area (Å²) in [4.78, 5) is 2.06. The van der Waals surface area contributed by atoms with E-state index in [1.54, 1.807) is 6.07 Å². The van der Waals surface area contributed by atoms with Gasteiger partial charge in [-0.3, -0.25) is 0 Å². The van der Waals surface area contributed by atoms with Gasteiger partial charge in [-0.2, -0.15) is 0 Å². The minimum atomic E-state index is -0.478. The molecular weight excluding hydrogens is 243 g/mol. The monoisotopic (exact) mass is 258 g/mol. The summed E-state index contributed by atoms with van der Waals surface area (Å²) in [5.41, 5.74) is 7.02. The van der Waals surface area contributed by atoms with Gasteiger partial charge in [-0.15, -0.1) is 0 Å². The molecule has 1 aromatic rings. The molecule has 1 saturated heterocycles. The maximum atomic E-state index is 13.2. The number of nitrogens with two attached hydrogens (primary N) is 1. The Bertz CT molecular complexity index is 408. The Kier molecular flexibility index (Phi) is 3.74. The van der Waals surface area contributed by atoms with Crippen molar-refractivity contribution >= 4 is 23.0 Å². The van der Waals surface area contributed by atoms with Crippen LogP contribution in [0.3, 0.4) is 0 Å². The minimum absolute atomic E-state index is 0.105. The lowest BCUT2D eigenvalue weighted by atomic mass is 10.1. The first-order chi connectivity index (χ1) is 8.09. The van der Waals surface area contributed by atoms with Crippen molar-refractivity contribution in [1.29, 1.82) is 0 Å². The van der Waals surface area contributed by atoms with Gasteiger partial charge < -0.3 is 15.4 Å². The summed E-state index contributed by atoms with van der Waals surface area (Å²) in [7, 11) is 1.95. The topological polar surface area (TPSA) is 38.5 Å². The van der Waals surface area contributed by atoms with Gasteiger partial charge in [0.2, 0.25) is 0 Å². The van der Waals surface area contributed by atoms with E-state index in [1.165, 1.54) is 6.07 Å². The molecule has 0 spiro atoms. The van der Waals surface area contributed by atoms with E-state index >= 15 is 0 Å². The van der Waals surface area contributed by atoms with Crippen LogP contribution in [0.25, 0.3) is 0 Å². The lowest BCUT2D eigenvalue weighted by Gasteiger charge is -2.33. The predicted octanol–water partition coefficient (Wildman–Crippen LogP) is 2.68. The molecule has 0 aliphatic carbocycles. The highest BCUT2D eigenvalue weighted by Gasteiger charge is 2.21. The number of benzene rings is 1. The molecule has 0 radical (unpaired) electrons. The van der Waals surface area contributed by atoms with Gasteiger partial charge in [0.1, 0.15) is 5.82 Å². The van der Waals surface area contributed by atoms with Crippen molar-refractivity contribution in [2.45, 2.75) is 18.9 Å². The largest absolute Gasteiger partial charge is 0.397 e. The van der Waals surface area contributed by atoms with Gasteiger partial charge in [0.25, 0.3) is 0 Å². The summed E-state index contributed by atoms with van der Waals surface area (Å²) in [6.45, 7) is 1.51. The van der Waals surface area contributed by atoms with Crippen molar-refractivity contribution in [3.63, 3.8) is 0 Å². The number of hydrogen-bond donors (Lipinski definition) is 1. The van der Waals surface area contributed by atoms with E-state index in [0.717, 1.165) is 31.7 Å². The molecule has 1 fully saturated rings. The van der Waals surface area contributed by atoms with Crippen LogP contribution in [0.1, 0.15) is 12.8 Å². The average molecular weight is 259 g/mol. The van der Waals surface area contributed by atoms with Crippen LogP contribution in [0, 0.1) is 5.82 Å². The van der Waals surface area contributed by atoms with Gasteiger partial charge in [-0.1, -0.05) is 11.6 Å². The highest BCUT2D eigenvalue weighted by Crippen LogP contribution is 2.31. The van der Waals surface area contributed by atoms with E-state index in [1.807, 2.05) is 7.05 Å². The van der Waals surface area contributed by atoms with Crippen molar-refractivity contribution in [2.24, 2.45) is 0 Å². The molecule has 94 valence electrons. The molecule has 3 nitrogen and oxygen atoms in total. The molecule has 0 unspecified atom stereocenters. The van der Waals surface area contributed by atoms with Crippen LogP contribution >= 0.6 is 11.6 Å². The summed E-state index contributed by atoms with van der Waals surface area (Å²) < 4.78 is 18.5. The van der Waals surface area contributed by atoms with Crippen LogP contribution in [-0.2, 0) is 4.74 Å². The molecule has 1 aromatic carbocycles. The van der Waals surface area contributed by atoms with E-state index in [4.69, 9.17) is 22.1 Å². The smallest absolute Gasteiger partial charge is 0.143 e. The molecule has 2 rings (SSSR count). The molecule has 0 bridgehead atoms. The van der Waals surface area contributed by atoms with Crippen LogP contribution < -0.4 is 10.6 Å². The molecule has 0 amide bonds. The van der Waals surface area contributed by atoms with E-state index in [2.05, 4.69) is 4.90 Å². The van der Waals surface area contributed by atoms with Crippen LogP contribution in [-0.4, -0.2) is 26.3 Å². The van der Waals surface area contributed by atoms with Gasteiger partial charge in [0.15, 0.2) is 0 Å². The molecule has 17 heavy (non-hydrogen) atoms. The predicted molar refractivity (Wildman–Crippen MR) is 68.1 cm³/mol. The Balaban J connectivity index is 2.23. The third-order valence-corrected chi connectivity index (χ3v) is 3.48. The summed E-state index contributed by atoms with van der Waals surface area (Å²) in [6, 6.07) is 3.22. The molecular formula is C12H16ClFN2O. The highest BCUT2D eigenvalue weighted by molar-refractivity contribution is 6.31. The SMILES string of the molecule is CN(c1cc(Cl)c(F)cc1N)C1CCOCC1. The van der Waals surface area contributed by atoms with E-state index in [-0.39, 0.29) is 5.02 Å². The van der Waals surface area contributed by atoms with Crippen molar-refractivity contribution in [1.82, 2.24) is 0 Å². The number of ether oxygens (including phenoxy) is 1. The number of anilines is 2. The Morgan fingerprint density at radius 2 is 2.06 bits per heavy atom. The standard InChI is InChI=1S/C12H16ClFN2O/c1-16(8-2-4-17-5-3-8)12-6-9(13)10(14)7-11(12)15/h6-8H,2-5,15H2,1H3. The fourth-order valence-electron chi connectivity index (χ4n) is 2.13. The summed E-state index contributed by atoms with van der Waals surface area (Å²) in [6.07, 6.45) is 1.90. The lowest BCUT2D eigenvalue weighted by Crippen LogP contribution is -2.37. The normalized spacial score (nSPS) is 17.1. The molecule has 0 aromatic heterocycles. The van der Waals surface area contributed by atoms with Crippen molar-refractivity contribution < 1.29 is 9.13 Å². The Morgan fingerprint density at radius 1 is 1.41 bits per heavy atom. The second kappa shape index (κ2) is 5.10. The summed E-state index contributed by atoms with van der Waals surface area (Å²) in [5.74, 6) is -0.478. The molecule has 0 atom stereocenters. The van der Waals surface area contributed by atoms with Crippen molar-refractivity contribution in [3.05, 3.63) is 23.0 Å². The highest BCUT2D eigenvalue weighted by atomic mass is 35.5. The van der Waals surface area contributed by atoms with Crippen molar-refractivity contribution in [2.75, 3.05) is 30.9 Å². The minimum Gasteiger partial charge on any atom is -0.397 e. The molecule has 1 heterocycles.